The highest BCUT2D eigenvalue weighted by Gasteiger charge is 2.27. The lowest BCUT2D eigenvalue weighted by molar-refractivity contribution is -0.138. The molecule has 0 bridgehead atoms. The maximum Gasteiger partial charge on any atom is 0.226 e. The molecule has 5 heteroatoms. The van der Waals surface area contributed by atoms with Crippen LogP contribution in [0.4, 0.5) is 0 Å². The van der Waals surface area contributed by atoms with Crippen molar-refractivity contribution in [1.82, 2.24) is 10.2 Å². The van der Waals surface area contributed by atoms with Crippen LogP contribution in [-0.2, 0) is 11.3 Å². The summed E-state index contributed by atoms with van der Waals surface area (Å²) in [5.74, 6) is 0.201. The van der Waals surface area contributed by atoms with Crippen molar-refractivity contribution in [2.45, 2.75) is 32.4 Å². The minimum atomic E-state index is -0.677. The second kappa shape index (κ2) is 10.5. The van der Waals surface area contributed by atoms with Crippen molar-refractivity contribution in [2.75, 3.05) is 19.6 Å². The first-order valence-corrected chi connectivity index (χ1v) is 9.41. The van der Waals surface area contributed by atoms with Gasteiger partial charge in [0.1, 0.15) is 0 Å². The van der Waals surface area contributed by atoms with Crippen molar-refractivity contribution in [2.24, 2.45) is 5.92 Å². The Labute approximate surface area is 168 Å². The molecule has 2 N–H and O–H groups in total. The van der Waals surface area contributed by atoms with Crippen LogP contribution < -0.4 is 5.32 Å². The number of halogens is 1. The van der Waals surface area contributed by atoms with E-state index in [0.29, 0.717) is 13.1 Å². The van der Waals surface area contributed by atoms with E-state index in [1.807, 2.05) is 66.4 Å². The minimum Gasteiger partial charge on any atom is -0.387 e. The van der Waals surface area contributed by atoms with Crippen LogP contribution in [0.1, 0.15) is 35.6 Å². The molecule has 1 aliphatic rings. The third kappa shape index (κ3) is 6.06. The van der Waals surface area contributed by atoms with Crippen LogP contribution >= 0.6 is 12.4 Å². The van der Waals surface area contributed by atoms with Crippen molar-refractivity contribution >= 4 is 18.3 Å². The summed E-state index contributed by atoms with van der Waals surface area (Å²) < 4.78 is 0. The summed E-state index contributed by atoms with van der Waals surface area (Å²) >= 11 is 0. The van der Waals surface area contributed by atoms with Gasteiger partial charge in [-0.3, -0.25) is 4.79 Å². The van der Waals surface area contributed by atoms with Crippen LogP contribution in [0.15, 0.2) is 54.6 Å². The standard InChI is InChI=1S/C22H28N2O2.ClH/c1-17-6-5-9-20(14-17)21(25)16-24(15-18-7-3-2-4-8-18)22(26)19-10-12-23-13-11-19;/h2-9,14,19,21,23,25H,10-13,15-16H2,1H3;1H. The predicted octanol–water partition coefficient (Wildman–Crippen LogP) is 3.48. The zero-order valence-electron chi connectivity index (χ0n) is 15.8. The molecule has 1 fully saturated rings. The van der Waals surface area contributed by atoms with Crippen molar-refractivity contribution in [1.29, 1.82) is 0 Å². The third-order valence-corrected chi connectivity index (χ3v) is 5.04. The zero-order valence-corrected chi connectivity index (χ0v) is 16.6. The second-order valence-corrected chi connectivity index (χ2v) is 7.16. The average Bonchev–Trinajstić information content (AvgIpc) is 2.68. The fraction of sp³-hybridized carbons (Fsp3) is 0.409. The predicted molar refractivity (Wildman–Crippen MR) is 111 cm³/mol. The molecule has 146 valence electrons. The van der Waals surface area contributed by atoms with E-state index in [9.17, 15) is 9.90 Å². The fourth-order valence-electron chi connectivity index (χ4n) is 3.55. The monoisotopic (exact) mass is 388 g/mol. The first-order chi connectivity index (χ1) is 12.6. The van der Waals surface area contributed by atoms with E-state index in [0.717, 1.165) is 42.6 Å². The number of rotatable bonds is 6. The lowest BCUT2D eigenvalue weighted by Crippen LogP contribution is -2.42. The molecule has 2 aromatic rings. The number of aliphatic hydroxyl groups is 1. The Hall–Kier alpha value is -1.88. The Morgan fingerprint density at radius 3 is 2.52 bits per heavy atom. The smallest absolute Gasteiger partial charge is 0.226 e. The number of hydrogen-bond acceptors (Lipinski definition) is 3. The highest BCUT2D eigenvalue weighted by atomic mass is 35.5. The molecule has 1 saturated heterocycles. The molecule has 0 radical (unpaired) electrons. The molecule has 0 aliphatic carbocycles. The first kappa shape index (κ1) is 21.4. The van der Waals surface area contributed by atoms with E-state index >= 15 is 0 Å². The summed E-state index contributed by atoms with van der Waals surface area (Å²) in [5.41, 5.74) is 3.06. The van der Waals surface area contributed by atoms with E-state index in [-0.39, 0.29) is 24.2 Å². The van der Waals surface area contributed by atoms with Gasteiger partial charge < -0.3 is 15.3 Å². The maximum atomic E-state index is 13.1. The summed E-state index contributed by atoms with van der Waals surface area (Å²) in [6, 6.07) is 17.9. The van der Waals surface area contributed by atoms with Gasteiger partial charge in [-0.15, -0.1) is 12.4 Å². The number of benzene rings is 2. The van der Waals surface area contributed by atoms with Gasteiger partial charge in [0, 0.05) is 12.5 Å². The highest BCUT2D eigenvalue weighted by molar-refractivity contribution is 5.85. The van der Waals surface area contributed by atoms with Crippen molar-refractivity contribution < 1.29 is 9.90 Å². The van der Waals surface area contributed by atoms with Crippen molar-refractivity contribution in [3.8, 4) is 0 Å². The fourth-order valence-corrected chi connectivity index (χ4v) is 3.55. The average molecular weight is 389 g/mol. The first-order valence-electron chi connectivity index (χ1n) is 9.41. The van der Waals surface area contributed by atoms with E-state index < -0.39 is 6.10 Å². The number of nitrogens with zero attached hydrogens (tertiary/aromatic N) is 1. The Morgan fingerprint density at radius 2 is 1.85 bits per heavy atom. The van der Waals surface area contributed by atoms with E-state index in [2.05, 4.69) is 5.32 Å². The van der Waals surface area contributed by atoms with Crippen molar-refractivity contribution in [3.05, 3.63) is 71.3 Å². The molecule has 1 amide bonds. The summed E-state index contributed by atoms with van der Waals surface area (Å²) in [6.07, 6.45) is 1.05. The Kier molecular flexibility index (Phi) is 8.29. The van der Waals surface area contributed by atoms with Gasteiger partial charge in [-0.25, -0.2) is 0 Å². The Bertz CT molecular complexity index is 717. The minimum absolute atomic E-state index is 0. The SMILES string of the molecule is Cc1cccc(C(O)CN(Cc2ccccc2)C(=O)C2CCNCC2)c1.Cl. The lowest BCUT2D eigenvalue weighted by atomic mass is 9.95. The van der Waals surface area contributed by atoms with E-state index in [1.54, 1.807) is 0 Å². The molecule has 3 rings (SSSR count). The second-order valence-electron chi connectivity index (χ2n) is 7.16. The molecular weight excluding hydrogens is 360 g/mol. The number of nitrogens with one attached hydrogen (secondary N) is 1. The normalized spacial score (nSPS) is 15.6. The Balaban J connectivity index is 0.00000261. The van der Waals surface area contributed by atoms with Gasteiger partial charge in [-0.05, 0) is 44.0 Å². The largest absolute Gasteiger partial charge is 0.387 e. The van der Waals surface area contributed by atoms with Gasteiger partial charge in [0.2, 0.25) is 5.91 Å². The maximum absolute atomic E-state index is 13.1. The number of aliphatic hydroxyl groups excluding tert-OH is 1. The van der Waals surface area contributed by atoms with Crippen LogP contribution in [0.5, 0.6) is 0 Å². The number of piperidine rings is 1. The summed E-state index contributed by atoms with van der Waals surface area (Å²) in [6.45, 7) is 4.64. The zero-order chi connectivity index (χ0) is 18.4. The number of carbonyl (C=O) groups is 1. The number of amides is 1. The van der Waals surface area contributed by atoms with Gasteiger partial charge in [0.25, 0.3) is 0 Å². The quantitative estimate of drug-likeness (QED) is 0.796. The molecule has 1 heterocycles. The topological polar surface area (TPSA) is 52.6 Å². The molecule has 0 spiro atoms. The van der Waals surface area contributed by atoms with Crippen molar-refractivity contribution in [3.63, 3.8) is 0 Å². The Morgan fingerprint density at radius 1 is 1.15 bits per heavy atom. The van der Waals surface area contributed by atoms with Crippen LogP contribution in [0.3, 0.4) is 0 Å². The van der Waals surface area contributed by atoms with Crippen LogP contribution in [0.2, 0.25) is 0 Å². The molecule has 1 unspecified atom stereocenters. The van der Waals surface area contributed by atoms with Gasteiger partial charge >= 0.3 is 0 Å². The number of carbonyl (C=O) groups excluding carboxylic acids is 1. The van der Waals surface area contributed by atoms with Gasteiger partial charge in [0.15, 0.2) is 0 Å². The summed E-state index contributed by atoms with van der Waals surface area (Å²) in [7, 11) is 0. The van der Waals surface area contributed by atoms with Crippen LogP contribution in [-0.4, -0.2) is 35.5 Å². The molecule has 1 aliphatic heterocycles. The lowest BCUT2D eigenvalue weighted by Gasteiger charge is -2.31. The molecule has 4 nitrogen and oxygen atoms in total. The molecule has 0 aromatic heterocycles. The molecule has 2 aromatic carbocycles. The van der Waals surface area contributed by atoms with E-state index in [1.165, 1.54) is 0 Å². The van der Waals surface area contributed by atoms with Gasteiger partial charge in [-0.1, -0.05) is 60.2 Å². The summed E-state index contributed by atoms with van der Waals surface area (Å²) in [4.78, 5) is 15.0. The van der Waals surface area contributed by atoms with Crippen LogP contribution in [0.25, 0.3) is 0 Å². The van der Waals surface area contributed by atoms with E-state index in [4.69, 9.17) is 0 Å². The molecule has 27 heavy (non-hydrogen) atoms. The van der Waals surface area contributed by atoms with Crippen LogP contribution in [0, 0.1) is 12.8 Å². The molecule has 1 atom stereocenters. The highest BCUT2D eigenvalue weighted by Crippen LogP contribution is 2.21. The molecular formula is C22H29ClN2O2. The third-order valence-electron chi connectivity index (χ3n) is 5.04. The number of hydrogen-bond donors (Lipinski definition) is 2. The number of aryl methyl sites for hydroxylation is 1. The summed E-state index contributed by atoms with van der Waals surface area (Å²) in [5, 5.41) is 14.0. The van der Waals surface area contributed by atoms with Gasteiger partial charge in [-0.2, -0.15) is 0 Å². The van der Waals surface area contributed by atoms with Gasteiger partial charge in [0.05, 0.1) is 12.6 Å². The molecule has 0 saturated carbocycles.